The Hall–Kier alpha value is -1.38. The number of aliphatic hydroxyl groups is 1. The lowest BCUT2D eigenvalue weighted by Crippen LogP contribution is -2.67. The fraction of sp³-hybridized carbons (Fsp3) is 0.917. The summed E-state index contributed by atoms with van der Waals surface area (Å²) in [5.74, 6) is 1.45. The molecular weight excluding hydrogens is 408 g/mol. The number of carbonyl (C=O) groups is 2. The highest BCUT2D eigenvalue weighted by Gasteiger charge is 2.51. The normalized spacial score (nSPS) is 34.0. The molecule has 8 nitrogen and oxygen atoms in total. The van der Waals surface area contributed by atoms with Crippen LogP contribution in [0.3, 0.4) is 0 Å². The van der Waals surface area contributed by atoms with E-state index < -0.39 is 5.60 Å². The minimum absolute atomic E-state index is 0.0160. The lowest BCUT2D eigenvalue weighted by molar-refractivity contribution is -0.146. The largest absolute Gasteiger partial charge is 0.447 e. The van der Waals surface area contributed by atoms with Gasteiger partial charge in [-0.1, -0.05) is 0 Å². The molecule has 2 aliphatic heterocycles. The zero-order chi connectivity index (χ0) is 23.2. The highest BCUT2D eigenvalue weighted by molar-refractivity contribution is 5.82. The molecule has 2 aliphatic carbocycles. The number of hydrogen-bond donors (Lipinski definition) is 2. The molecule has 8 heteroatoms. The second-order valence-corrected chi connectivity index (χ2v) is 11.5. The second kappa shape index (κ2) is 9.11. The zero-order valence-corrected chi connectivity index (χ0v) is 20.4. The summed E-state index contributed by atoms with van der Waals surface area (Å²) >= 11 is 0. The van der Waals surface area contributed by atoms with Crippen LogP contribution in [-0.4, -0.2) is 87.9 Å². The Balaban J connectivity index is 1.49. The molecule has 0 aromatic rings. The lowest BCUT2D eigenvalue weighted by atomic mass is 9.73. The van der Waals surface area contributed by atoms with Crippen molar-refractivity contribution < 1.29 is 19.4 Å². The monoisotopic (exact) mass is 450 g/mol. The fourth-order valence-electron chi connectivity index (χ4n) is 6.05. The van der Waals surface area contributed by atoms with Crippen molar-refractivity contribution in [3.63, 3.8) is 0 Å². The molecule has 0 bridgehead atoms. The van der Waals surface area contributed by atoms with Gasteiger partial charge in [-0.25, -0.2) is 9.80 Å². The Morgan fingerprint density at radius 3 is 2.44 bits per heavy atom. The molecule has 4 fully saturated rings. The molecule has 4 rings (SSSR count). The van der Waals surface area contributed by atoms with E-state index in [-0.39, 0.29) is 36.2 Å². The average Bonchev–Trinajstić information content (AvgIpc) is 3.45. The van der Waals surface area contributed by atoms with Gasteiger partial charge in [-0.3, -0.25) is 10.2 Å². The van der Waals surface area contributed by atoms with Crippen LogP contribution in [0.4, 0.5) is 4.79 Å². The molecule has 0 spiro atoms. The van der Waals surface area contributed by atoms with Crippen LogP contribution < -0.4 is 5.43 Å². The van der Waals surface area contributed by atoms with Crippen LogP contribution in [0.2, 0.25) is 0 Å². The molecule has 2 saturated heterocycles. The maximum Gasteiger partial charge on any atom is 0.410 e. The number of fused-ring (bicyclic) bond motifs is 1. The van der Waals surface area contributed by atoms with Gasteiger partial charge < -0.3 is 19.6 Å². The standard InChI is InChI=1S/C24H42N4O4/c1-15(2)32-23(30)27-12-16(3)28(22(29)17-6-7-17)20-9-8-18(10-21(20)27)19-11-25-26(13-19)14-24(4,5)31/h15-21,25,31H,6-14H2,1-5H3/t16-,18?,19?,20?,21?/m0/s1. The predicted octanol–water partition coefficient (Wildman–Crippen LogP) is 2.22. The number of rotatable bonds is 5. The summed E-state index contributed by atoms with van der Waals surface area (Å²) in [5, 5.41) is 12.3. The Morgan fingerprint density at radius 2 is 1.81 bits per heavy atom. The van der Waals surface area contributed by atoms with Crippen LogP contribution >= 0.6 is 0 Å². The summed E-state index contributed by atoms with van der Waals surface area (Å²) in [5.41, 5.74) is 2.72. The van der Waals surface area contributed by atoms with Crippen molar-refractivity contribution in [2.45, 2.75) is 96.6 Å². The summed E-state index contributed by atoms with van der Waals surface area (Å²) in [7, 11) is 0. The van der Waals surface area contributed by atoms with Crippen LogP contribution in [-0.2, 0) is 9.53 Å². The van der Waals surface area contributed by atoms with Gasteiger partial charge in [0.05, 0.1) is 23.8 Å². The summed E-state index contributed by atoms with van der Waals surface area (Å²) in [6.07, 6.45) is 4.52. The topological polar surface area (TPSA) is 85.4 Å². The number of carbonyl (C=O) groups excluding carboxylic acids is 2. The third-order valence-electron chi connectivity index (χ3n) is 7.54. The molecule has 0 radical (unpaired) electrons. The predicted molar refractivity (Wildman–Crippen MR) is 122 cm³/mol. The molecule has 4 unspecified atom stereocenters. The van der Waals surface area contributed by atoms with E-state index >= 15 is 0 Å². The maximum atomic E-state index is 13.1. The van der Waals surface area contributed by atoms with Crippen LogP contribution in [0.1, 0.15) is 66.7 Å². The van der Waals surface area contributed by atoms with Crippen LogP contribution in [0.5, 0.6) is 0 Å². The third kappa shape index (κ3) is 5.23. The van der Waals surface area contributed by atoms with Gasteiger partial charge in [0.2, 0.25) is 5.91 Å². The van der Waals surface area contributed by atoms with Gasteiger partial charge in [-0.05, 0) is 78.6 Å². The quantitative estimate of drug-likeness (QED) is 0.668. The Morgan fingerprint density at radius 1 is 1.09 bits per heavy atom. The highest BCUT2D eigenvalue weighted by atomic mass is 16.6. The molecule has 2 amide bonds. The Kier molecular flexibility index (Phi) is 6.76. The number of hydrazine groups is 1. The van der Waals surface area contributed by atoms with Gasteiger partial charge in [-0.2, -0.15) is 0 Å². The smallest absolute Gasteiger partial charge is 0.410 e. The van der Waals surface area contributed by atoms with Crippen molar-refractivity contribution in [3.05, 3.63) is 0 Å². The summed E-state index contributed by atoms with van der Waals surface area (Å²) in [6, 6.07) is 0.128. The van der Waals surface area contributed by atoms with Crippen LogP contribution in [0, 0.1) is 17.8 Å². The summed E-state index contributed by atoms with van der Waals surface area (Å²) < 4.78 is 5.61. The number of amides is 2. The van der Waals surface area contributed by atoms with E-state index in [0.717, 1.165) is 45.2 Å². The second-order valence-electron chi connectivity index (χ2n) is 11.5. The van der Waals surface area contributed by atoms with Gasteiger partial charge in [0, 0.05) is 38.1 Å². The molecule has 2 saturated carbocycles. The van der Waals surface area contributed by atoms with Crippen molar-refractivity contribution >= 4 is 12.0 Å². The van der Waals surface area contributed by atoms with Gasteiger partial charge >= 0.3 is 6.09 Å². The van der Waals surface area contributed by atoms with Crippen molar-refractivity contribution in [1.82, 2.24) is 20.2 Å². The molecule has 182 valence electrons. The number of hydrogen-bond acceptors (Lipinski definition) is 6. The molecular formula is C24H42N4O4. The maximum absolute atomic E-state index is 13.1. The minimum atomic E-state index is -0.736. The van der Waals surface area contributed by atoms with Crippen molar-refractivity contribution in [1.29, 1.82) is 0 Å². The number of nitrogens with zero attached hydrogens (tertiary/aromatic N) is 3. The van der Waals surface area contributed by atoms with Gasteiger partial charge in [0.1, 0.15) is 0 Å². The molecule has 2 heterocycles. The van der Waals surface area contributed by atoms with Crippen LogP contribution in [0.15, 0.2) is 0 Å². The van der Waals surface area contributed by atoms with Crippen molar-refractivity contribution in [2.75, 3.05) is 26.2 Å². The van der Waals surface area contributed by atoms with Gasteiger partial charge in [0.15, 0.2) is 0 Å². The molecule has 5 atom stereocenters. The van der Waals surface area contributed by atoms with Crippen molar-refractivity contribution in [2.24, 2.45) is 17.8 Å². The first-order valence-corrected chi connectivity index (χ1v) is 12.5. The first kappa shape index (κ1) is 23.8. The van der Waals surface area contributed by atoms with E-state index in [4.69, 9.17) is 4.74 Å². The van der Waals surface area contributed by atoms with E-state index in [1.165, 1.54) is 0 Å². The van der Waals surface area contributed by atoms with E-state index in [1.54, 1.807) is 0 Å². The first-order chi connectivity index (χ1) is 15.0. The summed E-state index contributed by atoms with van der Waals surface area (Å²) in [4.78, 5) is 30.2. The van der Waals surface area contributed by atoms with E-state index in [9.17, 15) is 14.7 Å². The Bertz CT molecular complexity index is 705. The zero-order valence-electron chi connectivity index (χ0n) is 20.4. The number of ether oxygens (including phenoxy) is 1. The summed E-state index contributed by atoms with van der Waals surface area (Å²) in [6.45, 7) is 12.5. The Labute approximate surface area is 192 Å². The SMILES string of the molecule is CC(C)OC(=O)N1C[C@H](C)N(C(=O)C2CC2)C2CCC(C3CNN(CC(C)(C)O)C3)CC21. The van der Waals surface area contributed by atoms with Crippen molar-refractivity contribution in [3.8, 4) is 0 Å². The molecule has 2 N–H and O–H groups in total. The van der Waals surface area contributed by atoms with E-state index in [1.807, 2.05) is 32.6 Å². The number of nitrogens with one attached hydrogen (secondary N) is 1. The van der Waals surface area contributed by atoms with E-state index in [2.05, 4.69) is 22.3 Å². The van der Waals surface area contributed by atoms with Crippen LogP contribution in [0.25, 0.3) is 0 Å². The average molecular weight is 451 g/mol. The molecule has 0 aromatic heterocycles. The van der Waals surface area contributed by atoms with E-state index in [0.29, 0.717) is 30.8 Å². The van der Waals surface area contributed by atoms with Gasteiger partial charge in [0.25, 0.3) is 0 Å². The minimum Gasteiger partial charge on any atom is -0.447 e. The number of β-amino-alcohol motifs (C(OH)–C–C–N with tert-alkyl or cyclic N) is 1. The van der Waals surface area contributed by atoms with Gasteiger partial charge in [-0.15, -0.1) is 0 Å². The molecule has 0 aromatic carbocycles. The molecule has 32 heavy (non-hydrogen) atoms. The number of piperazine rings is 1. The highest BCUT2D eigenvalue weighted by Crippen LogP contribution is 2.42. The fourth-order valence-corrected chi connectivity index (χ4v) is 6.05. The lowest BCUT2D eigenvalue weighted by Gasteiger charge is -2.54. The molecule has 4 aliphatic rings. The first-order valence-electron chi connectivity index (χ1n) is 12.5. The third-order valence-corrected chi connectivity index (χ3v) is 7.54.